The highest BCUT2D eigenvalue weighted by atomic mass is 16.6. The fourth-order valence-corrected chi connectivity index (χ4v) is 2.06. The summed E-state index contributed by atoms with van der Waals surface area (Å²) in [6.45, 7) is 8.33. The average molecular weight is 279 g/mol. The van der Waals surface area contributed by atoms with Gasteiger partial charge in [0, 0.05) is 0 Å². The minimum atomic E-state index is 0.159. The van der Waals surface area contributed by atoms with E-state index in [-0.39, 0.29) is 12.1 Å². The summed E-state index contributed by atoms with van der Waals surface area (Å²) in [5, 5.41) is 3.30. The molecule has 0 radical (unpaired) electrons. The lowest BCUT2D eigenvalue weighted by molar-refractivity contribution is 0.0228. The van der Waals surface area contributed by atoms with Gasteiger partial charge in [-0.3, -0.25) is 0 Å². The van der Waals surface area contributed by atoms with Gasteiger partial charge in [0.15, 0.2) is 11.5 Å². The lowest BCUT2D eigenvalue weighted by Crippen LogP contribution is -2.26. The molecule has 2 unspecified atom stereocenters. The van der Waals surface area contributed by atoms with E-state index < -0.39 is 0 Å². The molecule has 1 aromatic rings. The number of ether oxygens (including phenoxy) is 3. The van der Waals surface area contributed by atoms with E-state index in [2.05, 4.69) is 32.2 Å². The third kappa shape index (κ3) is 3.64. The van der Waals surface area contributed by atoms with Gasteiger partial charge in [0.05, 0.1) is 18.8 Å². The van der Waals surface area contributed by atoms with Crippen LogP contribution in [-0.4, -0.2) is 33.0 Å². The second-order valence-electron chi connectivity index (χ2n) is 5.53. The van der Waals surface area contributed by atoms with Crippen molar-refractivity contribution in [2.45, 2.75) is 32.9 Å². The molecule has 1 aromatic carbocycles. The predicted octanol–water partition coefficient (Wildman–Crippen LogP) is 2.78. The molecule has 0 aromatic heterocycles. The van der Waals surface area contributed by atoms with Crippen LogP contribution in [0.25, 0.3) is 0 Å². The van der Waals surface area contributed by atoms with Crippen LogP contribution in [0.1, 0.15) is 32.4 Å². The quantitative estimate of drug-likeness (QED) is 0.869. The van der Waals surface area contributed by atoms with Gasteiger partial charge in [-0.25, -0.2) is 0 Å². The van der Waals surface area contributed by atoms with E-state index in [1.165, 1.54) is 0 Å². The van der Waals surface area contributed by atoms with Crippen LogP contribution in [0.3, 0.4) is 0 Å². The molecule has 2 rings (SSSR count). The third-order valence-electron chi connectivity index (χ3n) is 3.78. The molecule has 1 N–H and O–H groups in total. The SMILES string of the molecule is CNC(COC(C)C(C)C)c1ccc2c(c1)OCCO2. The van der Waals surface area contributed by atoms with Crippen molar-refractivity contribution in [3.05, 3.63) is 23.8 Å². The first-order valence-corrected chi connectivity index (χ1v) is 7.30. The van der Waals surface area contributed by atoms with Crippen molar-refractivity contribution in [1.29, 1.82) is 0 Å². The fraction of sp³-hybridized carbons (Fsp3) is 0.625. The van der Waals surface area contributed by atoms with Crippen molar-refractivity contribution in [2.24, 2.45) is 5.92 Å². The molecule has 0 saturated carbocycles. The number of hydrogen-bond acceptors (Lipinski definition) is 4. The Bertz CT molecular complexity index is 434. The van der Waals surface area contributed by atoms with Crippen LogP contribution in [0.15, 0.2) is 18.2 Å². The largest absolute Gasteiger partial charge is 0.486 e. The maximum atomic E-state index is 5.92. The molecule has 0 bridgehead atoms. The molecule has 0 fully saturated rings. The van der Waals surface area contributed by atoms with E-state index in [1.54, 1.807) is 0 Å². The minimum Gasteiger partial charge on any atom is -0.486 e. The smallest absolute Gasteiger partial charge is 0.161 e. The Morgan fingerprint density at radius 2 is 1.85 bits per heavy atom. The molecule has 4 heteroatoms. The van der Waals surface area contributed by atoms with Gasteiger partial charge in [-0.2, -0.15) is 0 Å². The van der Waals surface area contributed by atoms with Crippen LogP contribution in [0.4, 0.5) is 0 Å². The summed E-state index contributed by atoms with van der Waals surface area (Å²) in [6, 6.07) is 6.24. The molecule has 0 aliphatic carbocycles. The van der Waals surface area contributed by atoms with Gasteiger partial charge < -0.3 is 19.5 Å². The number of fused-ring (bicyclic) bond motifs is 1. The highest BCUT2D eigenvalue weighted by Crippen LogP contribution is 2.32. The molecule has 0 spiro atoms. The van der Waals surface area contributed by atoms with Crippen molar-refractivity contribution in [3.8, 4) is 11.5 Å². The summed E-state index contributed by atoms with van der Waals surface area (Å²) in [7, 11) is 1.95. The van der Waals surface area contributed by atoms with Gasteiger partial charge in [-0.05, 0) is 37.6 Å². The predicted molar refractivity (Wildman–Crippen MR) is 79.5 cm³/mol. The Morgan fingerprint density at radius 1 is 1.15 bits per heavy atom. The number of nitrogens with one attached hydrogen (secondary N) is 1. The van der Waals surface area contributed by atoms with E-state index in [9.17, 15) is 0 Å². The Balaban J connectivity index is 2.03. The topological polar surface area (TPSA) is 39.7 Å². The molecule has 1 aliphatic heterocycles. The number of rotatable bonds is 6. The Morgan fingerprint density at radius 3 is 2.50 bits per heavy atom. The molecule has 2 atom stereocenters. The molecule has 0 saturated heterocycles. The van der Waals surface area contributed by atoms with Gasteiger partial charge in [0.25, 0.3) is 0 Å². The molecular weight excluding hydrogens is 254 g/mol. The van der Waals surface area contributed by atoms with Crippen LogP contribution in [0.2, 0.25) is 0 Å². The normalized spacial score (nSPS) is 17.1. The Hall–Kier alpha value is -1.26. The summed E-state index contributed by atoms with van der Waals surface area (Å²) in [5.74, 6) is 2.17. The first-order chi connectivity index (χ1) is 9.61. The zero-order valence-electron chi connectivity index (χ0n) is 12.8. The number of hydrogen-bond donors (Lipinski definition) is 1. The maximum absolute atomic E-state index is 5.92. The van der Waals surface area contributed by atoms with Gasteiger partial charge >= 0.3 is 0 Å². The molecular formula is C16H25NO3. The second-order valence-corrected chi connectivity index (χ2v) is 5.53. The average Bonchev–Trinajstić information content (AvgIpc) is 2.47. The lowest BCUT2D eigenvalue weighted by Gasteiger charge is -2.24. The Labute approximate surface area is 121 Å². The van der Waals surface area contributed by atoms with E-state index in [1.807, 2.05) is 19.2 Å². The fourth-order valence-electron chi connectivity index (χ4n) is 2.06. The summed E-state index contributed by atoms with van der Waals surface area (Å²) in [5.41, 5.74) is 1.16. The summed E-state index contributed by atoms with van der Waals surface area (Å²) >= 11 is 0. The van der Waals surface area contributed by atoms with Crippen LogP contribution in [-0.2, 0) is 4.74 Å². The number of likely N-dealkylation sites (N-methyl/N-ethyl adjacent to an activating group) is 1. The molecule has 20 heavy (non-hydrogen) atoms. The highest BCUT2D eigenvalue weighted by molar-refractivity contribution is 5.44. The number of benzene rings is 1. The van der Waals surface area contributed by atoms with Crippen molar-refractivity contribution in [3.63, 3.8) is 0 Å². The standard InChI is InChI=1S/C16H25NO3/c1-11(2)12(3)20-10-14(17-4)13-5-6-15-16(9-13)19-8-7-18-15/h5-6,9,11-12,14,17H,7-8,10H2,1-4H3. The third-order valence-corrected chi connectivity index (χ3v) is 3.78. The van der Waals surface area contributed by atoms with E-state index in [4.69, 9.17) is 14.2 Å². The summed E-state index contributed by atoms with van der Waals surface area (Å²) in [6.07, 6.45) is 0.253. The van der Waals surface area contributed by atoms with Crippen LogP contribution in [0, 0.1) is 5.92 Å². The summed E-state index contributed by atoms with van der Waals surface area (Å²) < 4.78 is 17.1. The zero-order chi connectivity index (χ0) is 14.5. The van der Waals surface area contributed by atoms with Crippen molar-refractivity contribution in [1.82, 2.24) is 5.32 Å². The Kier molecular flexibility index (Phi) is 5.26. The summed E-state index contributed by atoms with van der Waals surface area (Å²) in [4.78, 5) is 0. The van der Waals surface area contributed by atoms with E-state index in [0.717, 1.165) is 17.1 Å². The van der Waals surface area contributed by atoms with Crippen LogP contribution in [0.5, 0.6) is 11.5 Å². The zero-order valence-corrected chi connectivity index (χ0v) is 12.8. The van der Waals surface area contributed by atoms with Crippen LogP contribution >= 0.6 is 0 Å². The molecule has 4 nitrogen and oxygen atoms in total. The van der Waals surface area contributed by atoms with Crippen molar-refractivity contribution in [2.75, 3.05) is 26.9 Å². The van der Waals surface area contributed by atoms with Gasteiger partial charge in [0.1, 0.15) is 13.2 Å². The molecule has 1 heterocycles. The van der Waals surface area contributed by atoms with Gasteiger partial charge in [0.2, 0.25) is 0 Å². The maximum Gasteiger partial charge on any atom is 0.161 e. The van der Waals surface area contributed by atoms with Gasteiger partial charge in [-0.1, -0.05) is 19.9 Å². The van der Waals surface area contributed by atoms with Crippen molar-refractivity contribution >= 4 is 0 Å². The van der Waals surface area contributed by atoms with E-state index >= 15 is 0 Å². The minimum absolute atomic E-state index is 0.159. The highest BCUT2D eigenvalue weighted by Gasteiger charge is 2.17. The van der Waals surface area contributed by atoms with Crippen LogP contribution < -0.4 is 14.8 Å². The molecule has 112 valence electrons. The second kappa shape index (κ2) is 6.95. The van der Waals surface area contributed by atoms with E-state index in [0.29, 0.717) is 25.7 Å². The molecule has 0 amide bonds. The lowest BCUT2D eigenvalue weighted by atomic mass is 10.1. The monoisotopic (exact) mass is 279 g/mol. The molecule has 1 aliphatic rings. The van der Waals surface area contributed by atoms with Gasteiger partial charge in [-0.15, -0.1) is 0 Å². The first kappa shape index (κ1) is 15.1. The first-order valence-electron chi connectivity index (χ1n) is 7.30. The van der Waals surface area contributed by atoms with Crippen molar-refractivity contribution < 1.29 is 14.2 Å².